The average Bonchev–Trinajstić information content (AvgIpc) is 2.85. The molecular formula is C26H32ClN5O3S. The first-order valence-electron chi connectivity index (χ1n) is 12.2. The smallest absolute Gasteiger partial charge is 0.319 e. The molecule has 0 radical (unpaired) electrons. The molecule has 0 saturated carbocycles. The van der Waals surface area contributed by atoms with Crippen molar-refractivity contribution >= 4 is 44.2 Å². The molecule has 1 aliphatic rings. The molecule has 0 atom stereocenters. The number of carbonyl (C=O) groups excluding carboxylic acids is 1. The Labute approximate surface area is 217 Å². The number of pyridine rings is 1. The lowest BCUT2D eigenvalue weighted by Crippen LogP contribution is -2.48. The van der Waals surface area contributed by atoms with Gasteiger partial charge in [0, 0.05) is 36.8 Å². The molecule has 2 heterocycles. The first kappa shape index (κ1) is 26.3. The summed E-state index contributed by atoms with van der Waals surface area (Å²) >= 11 is 6.19. The van der Waals surface area contributed by atoms with Gasteiger partial charge in [0.25, 0.3) is 0 Å². The number of piperidine rings is 1. The zero-order valence-electron chi connectivity index (χ0n) is 20.6. The number of hydrogen-bond donors (Lipinski definition) is 2. The number of aryl methyl sites for hydroxylation is 1. The minimum atomic E-state index is -3.66. The van der Waals surface area contributed by atoms with E-state index in [1.807, 2.05) is 44.2 Å². The fourth-order valence-electron chi connectivity index (χ4n) is 4.74. The Morgan fingerprint density at radius 2 is 1.83 bits per heavy atom. The summed E-state index contributed by atoms with van der Waals surface area (Å²) in [6.07, 6.45) is 1.46. The highest BCUT2D eigenvalue weighted by atomic mass is 35.5. The van der Waals surface area contributed by atoms with Crippen molar-refractivity contribution in [3.8, 4) is 0 Å². The number of nitrogens with one attached hydrogen (secondary N) is 2. The van der Waals surface area contributed by atoms with Gasteiger partial charge in [-0.25, -0.2) is 13.2 Å². The number of para-hydroxylation sites is 1. The van der Waals surface area contributed by atoms with Gasteiger partial charge in [0.05, 0.1) is 16.2 Å². The number of likely N-dealkylation sites (tertiary alicyclic amines) is 1. The van der Waals surface area contributed by atoms with Crippen LogP contribution in [0, 0.1) is 6.92 Å². The molecule has 10 heteroatoms. The molecule has 2 aromatic carbocycles. The highest BCUT2D eigenvalue weighted by Crippen LogP contribution is 2.28. The van der Waals surface area contributed by atoms with Crippen molar-refractivity contribution in [1.29, 1.82) is 0 Å². The molecule has 36 heavy (non-hydrogen) atoms. The second-order valence-corrected chi connectivity index (χ2v) is 11.2. The van der Waals surface area contributed by atoms with Crippen molar-refractivity contribution in [3.05, 3.63) is 65.3 Å². The quantitative estimate of drug-likeness (QED) is 0.448. The van der Waals surface area contributed by atoms with Crippen molar-refractivity contribution in [2.24, 2.45) is 0 Å². The minimum absolute atomic E-state index is 0.0769. The monoisotopic (exact) mass is 529 g/mol. The molecule has 0 spiro atoms. The number of fused-ring (bicyclic) bond motifs is 1. The number of sulfonamides is 1. The number of nitrogens with zero attached hydrogens (tertiary/aromatic N) is 3. The maximum Gasteiger partial charge on any atom is 0.319 e. The van der Waals surface area contributed by atoms with Crippen molar-refractivity contribution in [3.63, 3.8) is 0 Å². The molecule has 1 aliphatic heterocycles. The highest BCUT2D eigenvalue weighted by Gasteiger charge is 2.33. The summed E-state index contributed by atoms with van der Waals surface area (Å²) in [4.78, 5) is 19.4. The van der Waals surface area contributed by atoms with E-state index in [2.05, 4.69) is 20.5 Å². The van der Waals surface area contributed by atoms with E-state index in [-0.39, 0.29) is 22.0 Å². The van der Waals surface area contributed by atoms with Gasteiger partial charge in [-0.1, -0.05) is 48.9 Å². The van der Waals surface area contributed by atoms with Crippen LogP contribution in [0.15, 0.2) is 59.5 Å². The van der Waals surface area contributed by atoms with Gasteiger partial charge < -0.3 is 15.5 Å². The lowest BCUT2D eigenvalue weighted by Gasteiger charge is -2.37. The van der Waals surface area contributed by atoms with Gasteiger partial charge in [-0.05, 0) is 57.1 Å². The predicted molar refractivity (Wildman–Crippen MR) is 144 cm³/mol. The molecule has 3 aromatic rings. The first-order chi connectivity index (χ1) is 17.3. The van der Waals surface area contributed by atoms with Crippen LogP contribution in [0.4, 0.5) is 10.5 Å². The summed E-state index contributed by atoms with van der Waals surface area (Å²) in [6.45, 7) is 6.86. The zero-order chi connectivity index (χ0) is 25.7. The molecule has 192 valence electrons. The number of hydrogen-bond acceptors (Lipinski definition) is 5. The Morgan fingerprint density at radius 3 is 2.56 bits per heavy atom. The average molecular weight is 530 g/mol. The molecular weight excluding hydrogens is 498 g/mol. The summed E-state index contributed by atoms with van der Waals surface area (Å²) < 4.78 is 28.0. The Balaban J connectivity index is 1.27. The summed E-state index contributed by atoms with van der Waals surface area (Å²) in [5.74, 6) is 0. The number of aromatic nitrogens is 1. The van der Waals surface area contributed by atoms with Crippen LogP contribution in [0.1, 0.15) is 25.5 Å². The van der Waals surface area contributed by atoms with Crippen molar-refractivity contribution in [1.82, 2.24) is 19.5 Å². The fourth-order valence-corrected chi connectivity index (χ4v) is 6.93. The molecule has 0 aliphatic carbocycles. The number of benzene rings is 2. The van der Waals surface area contributed by atoms with Crippen molar-refractivity contribution < 1.29 is 13.2 Å². The van der Waals surface area contributed by atoms with Crippen LogP contribution in [-0.2, 0) is 10.0 Å². The topological polar surface area (TPSA) is 94.6 Å². The van der Waals surface area contributed by atoms with E-state index >= 15 is 0 Å². The van der Waals surface area contributed by atoms with Gasteiger partial charge in [-0.2, -0.15) is 4.31 Å². The Morgan fingerprint density at radius 1 is 1.14 bits per heavy atom. The highest BCUT2D eigenvalue weighted by molar-refractivity contribution is 7.89. The summed E-state index contributed by atoms with van der Waals surface area (Å²) in [5, 5.41) is 7.00. The SMILES string of the molecule is CCN(C1CCN(CCNC(=O)Nc2cc(C)nc3ccccc23)CC1)S(=O)(=O)c1ccccc1Cl. The zero-order valence-corrected chi connectivity index (χ0v) is 22.1. The van der Waals surface area contributed by atoms with Gasteiger partial charge >= 0.3 is 6.03 Å². The maximum atomic E-state index is 13.2. The van der Waals surface area contributed by atoms with Crippen LogP contribution in [-0.4, -0.2) is 67.4 Å². The van der Waals surface area contributed by atoms with Gasteiger partial charge in [0.2, 0.25) is 10.0 Å². The molecule has 0 unspecified atom stereocenters. The van der Waals surface area contributed by atoms with E-state index in [1.165, 1.54) is 0 Å². The van der Waals surface area contributed by atoms with Gasteiger partial charge in [-0.15, -0.1) is 0 Å². The van der Waals surface area contributed by atoms with Crippen molar-refractivity contribution in [2.75, 3.05) is 38.0 Å². The summed E-state index contributed by atoms with van der Waals surface area (Å²) in [5.41, 5.74) is 2.41. The van der Waals surface area contributed by atoms with Crippen LogP contribution in [0.25, 0.3) is 10.9 Å². The van der Waals surface area contributed by atoms with Crippen LogP contribution in [0.3, 0.4) is 0 Å². The Bertz CT molecular complexity index is 1330. The standard InChI is InChI=1S/C26H32ClN5O3S/c1-3-32(36(34,35)25-11-7-5-9-22(25)27)20-12-15-31(16-13-20)17-14-28-26(33)30-24-18-19(2)29-23-10-6-4-8-21(23)24/h4-11,18,20H,3,12-17H2,1-2H3,(H2,28,29,30,33). The third-order valence-corrected chi connectivity index (χ3v) is 9.03. The number of amides is 2. The Kier molecular flexibility index (Phi) is 8.46. The number of anilines is 1. The van der Waals surface area contributed by atoms with E-state index in [0.717, 1.165) is 48.2 Å². The van der Waals surface area contributed by atoms with E-state index in [9.17, 15) is 13.2 Å². The lowest BCUT2D eigenvalue weighted by molar-refractivity contribution is 0.162. The third kappa shape index (κ3) is 5.98. The normalized spacial score (nSPS) is 15.3. The number of urea groups is 1. The van der Waals surface area contributed by atoms with Crippen LogP contribution < -0.4 is 10.6 Å². The van der Waals surface area contributed by atoms with E-state index in [4.69, 9.17) is 11.6 Å². The maximum absolute atomic E-state index is 13.2. The Hall–Kier alpha value is -2.72. The summed E-state index contributed by atoms with van der Waals surface area (Å²) in [7, 11) is -3.66. The predicted octanol–water partition coefficient (Wildman–Crippen LogP) is 4.49. The molecule has 1 aromatic heterocycles. The van der Waals surface area contributed by atoms with Gasteiger partial charge in [0.15, 0.2) is 0 Å². The van der Waals surface area contributed by atoms with Crippen molar-refractivity contribution in [2.45, 2.75) is 37.6 Å². The molecule has 4 rings (SSSR count). The molecule has 1 fully saturated rings. The fraction of sp³-hybridized carbons (Fsp3) is 0.385. The van der Waals surface area contributed by atoms with E-state index in [1.54, 1.807) is 28.6 Å². The molecule has 2 amide bonds. The minimum Gasteiger partial charge on any atom is -0.337 e. The largest absolute Gasteiger partial charge is 0.337 e. The van der Waals surface area contributed by atoms with Crippen LogP contribution in [0.5, 0.6) is 0 Å². The lowest BCUT2D eigenvalue weighted by atomic mass is 10.1. The molecule has 1 saturated heterocycles. The summed E-state index contributed by atoms with van der Waals surface area (Å²) in [6, 6.07) is 15.8. The molecule has 8 nitrogen and oxygen atoms in total. The van der Waals surface area contributed by atoms with Gasteiger partial charge in [0.1, 0.15) is 4.90 Å². The van der Waals surface area contributed by atoms with Crippen LogP contribution >= 0.6 is 11.6 Å². The number of halogens is 1. The number of rotatable bonds is 8. The van der Waals surface area contributed by atoms with Gasteiger partial charge in [-0.3, -0.25) is 4.98 Å². The number of carbonyl (C=O) groups is 1. The van der Waals surface area contributed by atoms with E-state index < -0.39 is 10.0 Å². The first-order valence-corrected chi connectivity index (χ1v) is 14.0. The second kappa shape index (κ2) is 11.6. The molecule has 2 N–H and O–H groups in total. The van der Waals surface area contributed by atoms with E-state index in [0.29, 0.717) is 19.6 Å². The third-order valence-electron chi connectivity index (χ3n) is 6.51. The van der Waals surface area contributed by atoms with Crippen LogP contribution in [0.2, 0.25) is 5.02 Å². The second-order valence-electron chi connectivity index (χ2n) is 8.92. The molecule has 0 bridgehead atoms.